The Bertz CT molecular complexity index is 1500. The van der Waals surface area contributed by atoms with Gasteiger partial charge in [0.2, 0.25) is 5.95 Å². The molecule has 0 N–H and O–H groups in total. The molecule has 1 aliphatic heterocycles. The Hall–Kier alpha value is -4.07. The molecular weight excluding hydrogens is 474 g/mol. The topological polar surface area (TPSA) is 89.1 Å². The number of nitrogens with zero attached hydrogens (tertiary/aromatic N) is 5. The van der Waals surface area contributed by atoms with Crippen LogP contribution in [0.4, 0.5) is 16.6 Å². The zero-order valence-corrected chi connectivity index (χ0v) is 20.7. The summed E-state index contributed by atoms with van der Waals surface area (Å²) in [5.41, 5.74) is 1.14. The van der Waals surface area contributed by atoms with Crippen LogP contribution in [-0.2, 0) is 4.74 Å². The van der Waals surface area contributed by atoms with Crippen molar-refractivity contribution in [2.24, 2.45) is 9.98 Å². The van der Waals surface area contributed by atoms with Gasteiger partial charge in [0.05, 0.1) is 23.4 Å². The number of para-hydroxylation sites is 2. The van der Waals surface area contributed by atoms with Crippen LogP contribution in [0.1, 0.15) is 36.5 Å². The van der Waals surface area contributed by atoms with Crippen LogP contribution in [0.3, 0.4) is 0 Å². The molecule has 0 saturated carbocycles. The van der Waals surface area contributed by atoms with Crippen molar-refractivity contribution in [3.05, 3.63) is 76.6 Å². The second kappa shape index (κ2) is 10.7. The molecule has 0 radical (unpaired) electrons. The third kappa shape index (κ3) is 4.71. The first-order chi connectivity index (χ1) is 17.7. The second-order valence-electron chi connectivity index (χ2n) is 8.28. The Labute approximate surface area is 212 Å². The van der Waals surface area contributed by atoms with Gasteiger partial charge in [0, 0.05) is 13.1 Å². The van der Waals surface area contributed by atoms with Gasteiger partial charge in [-0.2, -0.15) is 9.98 Å². The lowest BCUT2D eigenvalue weighted by Crippen LogP contribution is -2.36. The Morgan fingerprint density at radius 1 is 1.03 bits per heavy atom. The van der Waals surface area contributed by atoms with E-state index in [4.69, 9.17) is 9.72 Å². The van der Waals surface area contributed by atoms with E-state index < -0.39 is 5.97 Å². The smallest absolute Gasteiger partial charge is 0.342 e. The number of aromatic nitrogens is 2. The van der Waals surface area contributed by atoms with Gasteiger partial charge < -0.3 is 9.64 Å². The highest BCUT2D eigenvalue weighted by Gasteiger charge is 2.28. The molecule has 0 aliphatic carbocycles. The van der Waals surface area contributed by atoms with Gasteiger partial charge >= 0.3 is 5.97 Å². The SMILES string of the molecule is CCOC(=O)c1c(N=C=Nc2ccccc2)sc2nc(N3CCCCC3)n(-c3ccccc3)c(=O)c12. The predicted molar refractivity (Wildman–Crippen MR) is 143 cm³/mol. The monoisotopic (exact) mass is 499 g/mol. The summed E-state index contributed by atoms with van der Waals surface area (Å²) >= 11 is 1.17. The highest BCUT2D eigenvalue weighted by Crippen LogP contribution is 2.37. The molecule has 3 heterocycles. The van der Waals surface area contributed by atoms with Gasteiger partial charge in [0.15, 0.2) is 0 Å². The minimum absolute atomic E-state index is 0.0972. The largest absolute Gasteiger partial charge is 0.462 e. The van der Waals surface area contributed by atoms with Crippen LogP contribution >= 0.6 is 11.3 Å². The normalized spacial score (nSPS) is 13.3. The molecule has 1 saturated heterocycles. The van der Waals surface area contributed by atoms with E-state index in [-0.39, 0.29) is 23.1 Å². The van der Waals surface area contributed by atoms with Crippen molar-refractivity contribution in [1.29, 1.82) is 0 Å². The van der Waals surface area contributed by atoms with E-state index in [1.54, 1.807) is 11.5 Å². The van der Waals surface area contributed by atoms with Crippen LogP contribution in [0, 0.1) is 0 Å². The average Bonchev–Trinajstić information content (AvgIpc) is 3.29. The zero-order valence-electron chi connectivity index (χ0n) is 19.9. The summed E-state index contributed by atoms with van der Waals surface area (Å²) in [6.07, 6.45) is 3.22. The number of piperidine rings is 1. The Morgan fingerprint density at radius 2 is 1.72 bits per heavy atom. The highest BCUT2D eigenvalue weighted by atomic mass is 32.1. The molecule has 2 aromatic heterocycles. The molecule has 1 aliphatic rings. The van der Waals surface area contributed by atoms with E-state index in [2.05, 4.69) is 20.9 Å². The summed E-state index contributed by atoms with van der Waals surface area (Å²) in [5.74, 6) is -0.0446. The molecule has 0 amide bonds. The molecule has 5 rings (SSSR count). The van der Waals surface area contributed by atoms with E-state index >= 15 is 0 Å². The van der Waals surface area contributed by atoms with Crippen molar-refractivity contribution in [2.45, 2.75) is 26.2 Å². The number of carbonyl (C=O) groups excluding carboxylic acids is 1. The maximum Gasteiger partial charge on any atom is 0.342 e. The summed E-state index contributed by atoms with van der Waals surface area (Å²) in [6.45, 7) is 3.52. The van der Waals surface area contributed by atoms with Gasteiger partial charge in [-0.15, -0.1) is 0 Å². The summed E-state index contributed by atoms with van der Waals surface area (Å²) in [4.78, 5) is 43.1. The lowest BCUT2D eigenvalue weighted by molar-refractivity contribution is 0.0530. The maximum atomic E-state index is 14.0. The molecule has 0 spiro atoms. The molecular formula is C27H25N5O3S. The average molecular weight is 500 g/mol. The van der Waals surface area contributed by atoms with Crippen LogP contribution in [0.25, 0.3) is 15.9 Å². The van der Waals surface area contributed by atoms with Crippen molar-refractivity contribution >= 4 is 50.2 Å². The minimum atomic E-state index is -0.617. The zero-order chi connectivity index (χ0) is 24.9. The first-order valence-electron chi connectivity index (χ1n) is 12.0. The summed E-state index contributed by atoms with van der Waals surface area (Å²) < 4.78 is 6.90. The van der Waals surface area contributed by atoms with Crippen LogP contribution in [0.15, 0.2) is 75.4 Å². The van der Waals surface area contributed by atoms with E-state index in [9.17, 15) is 9.59 Å². The van der Waals surface area contributed by atoms with E-state index in [1.807, 2.05) is 60.7 Å². The van der Waals surface area contributed by atoms with Gasteiger partial charge in [-0.1, -0.05) is 47.7 Å². The summed E-state index contributed by atoms with van der Waals surface area (Å²) in [7, 11) is 0. The molecule has 4 aromatic rings. The first kappa shape index (κ1) is 23.7. The third-order valence-electron chi connectivity index (χ3n) is 5.91. The lowest BCUT2D eigenvalue weighted by atomic mass is 10.1. The fourth-order valence-corrected chi connectivity index (χ4v) is 5.22. The Morgan fingerprint density at radius 3 is 2.42 bits per heavy atom. The van der Waals surface area contributed by atoms with E-state index in [0.29, 0.717) is 27.2 Å². The van der Waals surface area contributed by atoms with Crippen molar-refractivity contribution < 1.29 is 9.53 Å². The van der Waals surface area contributed by atoms with Gasteiger partial charge in [0.25, 0.3) is 5.56 Å². The highest BCUT2D eigenvalue weighted by molar-refractivity contribution is 7.22. The predicted octanol–water partition coefficient (Wildman–Crippen LogP) is 5.75. The lowest BCUT2D eigenvalue weighted by Gasteiger charge is -2.29. The molecule has 2 aromatic carbocycles. The third-order valence-corrected chi connectivity index (χ3v) is 6.89. The molecule has 9 heteroatoms. The Kier molecular flexibility index (Phi) is 7.02. The number of hydrogen-bond acceptors (Lipinski definition) is 8. The summed E-state index contributed by atoms with van der Waals surface area (Å²) in [5, 5.41) is 0.492. The number of esters is 1. The number of ether oxygens (including phenoxy) is 1. The number of anilines is 1. The fraction of sp³-hybridized carbons (Fsp3) is 0.259. The van der Waals surface area contributed by atoms with Gasteiger partial charge in [-0.25, -0.2) is 14.3 Å². The number of fused-ring (bicyclic) bond motifs is 1. The van der Waals surface area contributed by atoms with Crippen LogP contribution in [0.5, 0.6) is 0 Å². The van der Waals surface area contributed by atoms with Crippen molar-refractivity contribution in [1.82, 2.24) is 9.55 Å². The van der Waals surface area contributed by atoms with Crippen molar-refractivity contribution in [3.8, 4) is 5.69 Å². The van der Waals surface area contributed by atoms with Crippen molar-refractivity contribution in [2.75, 3.05) is 24.6 Å². The Balaban J connectivity index is 1.75. The van der Waals surface area contributed by atoms with E-state index in [1.165, 1.54) is 11.3 Å². The molecule has 0 atom stereocenters. The maximum absolute atomic E-state index is 14.0. The van der Waals surface area contributed by atoms with Crippen molar-refractivity contribution in [3.63, 3.8) is 0 Å². The summed E-state index contributed by atoms with van der Waals surface area (Å²) in [6, 6.07) is 21.3. The van der Waals surface area contributed by atoms with Gasteiger partial charge in [-0.3, -0.25) is 4.79 Å². The number of thiophene rings is 1. The van der Waals surface area contributed by atoms with Gasteiger partial charge in [0.1, 0.15) is 21.4 Å². The van der Waals surface area contributed by atoms with Gasteiger partial charge in [-0.05, 0) is 50.5 Å². The molecule has 0 unspecified atom stereocenters. The number of aliphatic imine (C=N–C) groups is 2. The number of benzene rings is 2. The van der Waals surface area contributed by atoms with Crippen LogP contribution in [0.2, 0.25) is 0 Å². The molecule has 36 heavy (non-hydrogen) atoms. The number of carbonyl (C=O) groups is 1. The van der Waals surface area contributed by atoms with E-state index in [0.717, 1.165) is 32.4 Å². The van der Waals surface area contributed by atoms with Crippen LogP contribution < -0.4 is 10.5 Å². The second-order valence-corrected chi connectivity index (χ2v) is 9.26. The molecule has 1 fully saturated rings. The quantitative estimate of drug-likeness (QED) is 0.249. The molecule has 182 valence electrons. The number of rotatable bonds is 6. The minimum Gasteiger partial charge on any atom is -0.462 e. The number of hydrogen-bond donors (Lipinski definition) is 0. The fourth-order valence-electron chi connectivity index (χ4n) is 4.25. The molecule has 0 bridgehead atoms. The standard InChI is InChI=1S/C27H25N5O3S/c1-2-35-26(34)22-21-24(36-23(22)29-18-28-19-12-6-3-7-13-19)30-27(31-16-10-5-11-17-31)32(25(21)33)20-14-8-4-9-15-20/h3-4,6-9,12-15H,2,5,10-11,16-17H2,1H3. The first-order valence-corrected chi connectivity index (χ1v) is 12.8. The van der Waals surface area contributed by atoms with Crippen LogP contribution in [-0.4, -0.2) is 41.2 Å². The molecule has 8 nitrogen and oxygen atoms in total.